The van der Waals surface area contributed by atoms with Gasteiger partial charge in [0, 0.05) is 30.1 Å². The number of benzene rings is 2. The molecule has 1 aromatic heterocycles. The zero-order chi connectivity index (χ0) is 25.9. The first-order valence-corrected chi connectivity index (χ1v) is 14.2. The molecule has 0 spiro atoms. The summed E-state index contributed by atoms with van der Waals surface area (Å²) in [5.74, 6) is -0.991. The van der Waals surface area contributed by atoms with E-state index in [2.05, 4.69) is 17.1 Å². The molecule has 0 radical (unpaired) electrons. The first-order chi connectivity index (χ1) is 17.3. The lowest BCUT2D eigenvalue weighted by molar-refractivity contribution is 0.1000. The molecule has 4 rings (SSSR count). The van der Waals surface area contributed by atoms with Gasteiger partial charge in [0.1, 0.15) is 5.00 Å². The lowest BCUT2D eigenvalue weighted by Gasteiger charge is -2.26. The molecule has 1 aliphatic heterocycles. The maximum absolute atomic E-state index is 13.2. The highest BCUT2D eigenvalue weighted by Crippen LogP contribution is 2.37. The summed E-state index contributed by atoms with van der Waals surface area (Å²) in [5, 5.41) is 3.27. The number of thiophene rings is 1. The molecule has 0 atom stereocenters. The number of para-hydroxylation sites is 1. The van der Waals surface area contributed by atoms with E-state index in [9.17, 15) is 18.0 Å². The first-order valence-electron chi connectivity index (χ1n) is 11.9. The minimum absolute atomic E-state index is 0.0881. The number of anilines is 2. The molecule has 0 saturated heterocycles. The maximum Gasteiger partial charge on any atom is 0.264 e. The van der Waals surface area contributed by atoms with Gasteiger partial charge in [-0.25, -0.2) is 8.42 Å². The minimum Gasteiger partial charge on any atom is -0.365 e. The molecule has 0 saturated carbocycles. The number of rotatable bonds is 9. The molecule has 36 heavy (non-hydrogen) atoms. The molecule has 1 aliphatic rings. The Morgan fingerprint density at radius 1 is 1.08 bits per heavy atom. The van der Waals surface area contributed by atoms with Crippen LogP contribution in [0.2, 0.25) is 0 Å². The molecular formula is C26H30N4O4S2. The van der Waals surface area contributed by atoms with Crippen molar-refractivity contribution in [3.05, 3.63) is 76.2 Å². The van der Waals surface area contributed by atoms with E-state index >= 15 is 0 Å². The maximum atomic E-state index is 13.2. The zero-order valence-electron chi connectivity index (χ0n) is 20.4. The van der Waals surface area contributed by atoms with Crippen molar-refractivity contribution < 1.29 is 18.0 Å². The number of carbonyl (C=O) groups is 2. The summed E-state index contributed by atoms with van der Waals surface area (Å²) < 4.78 is 27.7. The van der Waals surface area contributed by atoms with Gasteiger partial charge in [-0.05, 0) is 68.3 Å². The van der Waals surface area contributed by atoms with Crippen LogP contribution in [0.5, 0.6) is 0 Å². The van der Waals surface area contributed by atoms with Crippen LogP contribution in [0, 0.1) is 0 Å². The van der Waals surface area contributed by atoms with Gasteiger partial charge in [-0.2, -0.15) is 0 Å². The van der Waals surface area contributed by atoms with Crippen LogP contribution < -0.4 is 15.4 Å². The lowest BCUT2D eigenvalue weighted by Crippen LogP contribution is -2.31. The molecule has 0 fully saturated rings. The Morgan fingerprint density at radius 3 is 2.39 bits per heavy atom. The summed E-state index contributed by atoms with van der Waals surface area (Å²) in [6.07, 6.45) is 1.75. The molecular weight excluding hydrogens is 496 g/mol. The minimum atomic E-state index is -3.80. The Kier molecular flexibility index (Phi) is 7.77. The highest BCUT2D eigenvalue weighted by molar-refractivity contribution is 7.92. The molecule has 0 bridgehead atoms. The fourth-order valence-electron chi connectivity index (χ4n) is 4.48. The number of nitrogens with zero attached hydrogens (tertiary/aromatic N) is 2. The Bertz CT molecular complexity index is 1350. The topological polar surface area (TPSA) is 113 Å². The molecule has 2 heterocycles. The number of fused-ring (bicyclic) bond motifs is 1. The van der Waals surface area contributed by atoms with Crippen LogP contribution in [0.4, 0.5) is 10.7 Å². The molecule has 190 valence electrons. The molecule has 0 aliphatic carbocycles. The van der Waals surface area contributed by atoms with Gasteiger partial charge >= 0.3 is 0 Å². The fraction of sp³-hybridized carbons (Fsp3) is 0.308. The molecule has 2 amide bonds. The van der Waals surface area contributed by atoms with Crippen LogP contribution >= 0.6 is 11.3 Å². The third kappa shape index (κ3) is 5.16. The van der Waals surface area contributed by atoms with Gasteiger partial charge in [0.05, 0.1) is 16.1 Å². The third-order valence-electron chi connectivity index (χ3n) is 6.19. The van der Waals surface area contributed by atoms with Crippen LogP contribution in [0.3, 0.4) is 0 Å². The number of primary amides is 1. The summed E-state index contributed by atoms with van der Waals surface area (Å²) in [6.45, 7) is 6.71. The smallest absolute Gasteiger partial charge is 0.264 e. The normalized spacial score (nSPS) is 13.7. The van der Waals surface area contributed by atoms with E-state index in [0.29, 0.717) is 22.7 Å². The predicted octanol–water partition coefficient (Wildman–Crippen LogP) is 4.08. The second kappa shape index (κ2) is 10.8. The molecule has 3 N–H and O–H groups in total. The van der Waals surface area contributed by atoms with E-state index in [-0.39, 0.29) is 17.0 Å². The summed E-state index contributed by atoms with van der Waals surface area (Å²) in [6, 6.07) is 14.7. The number of amides is 2. The van der Waals surface area contributed by atoms with E-state index < -0.39 is 21.8 Å². The fourth-order valence-corrected chi connectivity index (χ4v) is 7.24. The van der Waals surface area contributed by atoms with Crippen LogP contribution in [0.1, 0.15) is 51.4 Å². The van der Waals surface area contributed by atoms with Crippen LogP contribution in [-0.2, 0) is 23.0 Å². The van der Waals surface area contributed by atoms with E-state index in [4.69, 9.17) is 5.73 Å². The van der Waals surface area contributed by atoms with Crippen molar-refractivity contribution in [3.8, 4) is 0 Å². The summed E-state index contributed by atoms with van der Waals surface area (Å²) in [4.78, 5) is 28.7. The number of nitrogens with one attached hydrogen (secondary N) is 1. The Morgan fingerprint density at radius 2 is 1.78 bits per heavy atom. The second-order valence-electron chi connectivity index (χ2n) is 8.58. The average Bonchev–Trinajstić information content (AvgIpc) is 3.22. The van der Waals surface area contributed by atoms with Crippen molar-refractivity contribution in [2.45, 2.75) is 38.1 Å². The quantitative estimate of drug-likeness (QED) is 0.436. The Hall–Kier alpha value is -3.21. The molecule has 3 aromatic rings. The third-order valence-corrected chi connectivity index (χ3v) is 9.23. The predicted molar refractivity (Wildman–Crippen MR) is 143 cm³/mol. The van der Waals surface area contributed by atoms with Crippen molar-refractivity contribution in [2.75, 3.05) is 29.3 Å². The molecule has 0 unspecified atom stereocenters. The summed E-state index contributed by atoms with van der Waals surface area (Å²) >= 11 is 1.38. The van der Waals surface area contributed by atoms with Gasteiger partial charge < -0.3 is 11.1 Å². The Balaban J connectivity index is 1.55. The highest BCUT2D eigenvalue weighted by Gasteiger charge is 2.28. The number of sulfonamides is 1. The van der Waals surface area contributed by atoms with E-state index in [1.54, 1.807) is 31.2 Å². The first kappa shape index (κ1) is 25.9. The summed E-state index contributed by atoms with van der Waals surface area (Å²) in [7, 11) is -3.80. The number of hydrogen-bond acceptors (Lipinski definition) is 6. The Labute approximate surface area is 215 Å². The number of carbonyl (C=O) groups excluding carboxylic acids is 2. The molecule has 8 nitrogen and oxygen atoms in total. The SMILES string of the molecule is CCCN1CCc2c(sc(NC(=O)c3ccc(S(=O)(=O)N(CC)c4ccccc4)cc3)c2C(N)=O)C1. The van der Waals surface area contributed by atoms with Gasteiger partial charge in [-0.15, -0.1) is 11.3 Å². The van der Waals surface area contributed by atoms with Gasteiger partial charge in [0.25, 0.3) is 21.8 Å². The van der Waals surface area contributed by atoms with Crippen LogP contribution in [-0.4, -0.2) is 44.8 Å². The van der Waals surface area contributed by atoms with Crippen molar-refractivity contribution in [2.24, 2.45) is 5.73 Å². The van der Waals surface area contributed by atoms with Crippen molar-refractivity contribution >= 4 is 43.9 Å². The van der Waals surface area contributed by atoms with Crippen molar-refractivity contribution in [1.29, 1.82) is 0 Å². The number of nitrogens with two attached hydrogens (primary N) is 1. The zero-order valence-corrected chi connectivity index (χ0v) is 22.0. The van der Waals surface area contributed by atoms with Gasteiger partial charge in [0.15, 0.2) is 0 Å². The summed E-state index contributed by atoms with van der Waals surface area (Å²) in [5.41, 5.74) is 7.82. The van der Waals surface area contributed by atoms with Gasteiger partial charge in [0.2, 0.25) is 0 Å². The second-order valence-corrected chi connectivity index (χ2v) is 11.5. The van der Waals surface area contributed by atoms with E-state index in [1.807, 2.05) is 6.07 Å². The monoisotopic (exact) mass is 526 g/mol. The van der Waals surface area contributed by atoms with Gasteiger partial charge in [-0.3, -0.25) is 18.8 Å². The van der Waals surface area contributed by atoms with E-state index in [1.165, 1.54) is 39.9 Å². The molecule has 10 heteroatoms. The standard InChI is InChI=1S/C26H30N4O4S2/c1-3-15-29-16-14-21-22(17-29)35-26(23(21)24(27)31)28-25(32)18-10-12-20(13-11-18)36(33,34)30(4-2)19-8-6-5-7-9-19/h5-13H,3-4,14-17H2,1-2H3,(H2,27,31)(H,28,32). The largest absolute Gasteiger partial charge is 0.365 e. The van der Waals surface area contributed by atoms with Crippen molar-refractivity contribution in [1.82, 2.24) is 4.90 Å². The number of hydrogen-bond donors (Lipinski definition) is 2. The van der Waals surface area contributed by atoms with Crippen molar-refractivity contribution in [3.63, 3.8) is 0 Å². The van der Waals surface area contributed by atoms with Crippen LogP contribution in [0.15, 0.2) is 59.5 Å². The van der Waals surface area contributed by atoms with Gasteiger partial charge in [-0.1, -0.05) is 25.1 Å². The average molecular weight is 527 g/mol. The van der Waals surface area contributed by atoms with Crippen LogP contribution in [0.25, 0.3) is 0 Å². The van der Waals surface area contributed by atoms with E-state index in [0.717, 1.165) is 36.5 Å². The lowest BCUT2D eigenvalue weighted by atomic mass is 10.0. The highest BCUT2D eigenvalue weighted by atomic mass is 32.2. The molecule has 2 aromatic carbocycles.